The maximum Gasteiger partial charge on any atom is 0.0714 e. The molecule has 0 bridgehead atoms. The molecule has 262 valence electrons. The number of hydrogen-bond donors (Lipinski definition) is 0. The Morgan fingerprint density at radius 2 is 0.636 bits per heavy atom. The highest BCUT2D eigenvalue weighted by Crippen LogP contribution is 2.57. The van der Waals surface area contributed by atoms with Gasteiger partial charge in [0.1, 0.15) is 0 Å². The van der Waals surface area contributed by atoms with Gasteiger partial charge in [0.2, 0.25) is 0 Å². The van der Waals surface area contributed by atoms with Crippen LogP contribution in [-0.4, -0.2) is 0 Å². The first-order chi connectivity index (χ1) is 27.0. The summed E-state index contributed by atoms with van der Waals surface area (Å²) in [5, 5.41) is 1.46. The predicted molar refractivity (Wildman–Crippen MR) is 235 cm³/mol. The van der Waals surface area contributed by atoms with Gasteiger partial charge in [-0.1, -0.05) is 205 Å². The fourth-order valence-corrected chi connectivity index (χ4v) is 8.23. The number of halogens is 2. The van der Waals surface area contributed by atoms with Gasteiger partial charge in [0.05, 0.1) is 5.41 Å². The molecule has 1 aliphatic carbocycles. The second kappa shape index (κ2) is 14.9. The van der Waals surface area contributed by atoms with Crippen LogP contribution in [0.2, 0.25) is 10.0 Å². The number of benzene rings is 8. The molecule has 0 N–H and O–H groups in total. The van der Waals surface area contributed by atoms with Crippen molar-refractivity contribution in [2.75, 3.05) is 0 Å². The van der Waals surface area contributed by atoms with Crippen molar-refractivity contribution < 1.29 is 0 Å². The lowest BCUT2D eigenvalue weighted by atomic mass is 9.67. The third-order valence-corrected chi connectivity index (χ3v) is 11.2. The second-order valence-electron chi connectivity index (χ2n) is 14.0. The van der Waals surface area contributed by atoms with E-state index in [4.69, 9.17) is 23.2 Å². The minimum absolute atomic E-state index is 0.602. The molecule has 55 heavy (non-hydrogen) atoms. The lowest BCUT2D eigenvalue weighted by molar-refractivity contribution is 0.768. The molecule has 0 atom stereocenters. The second-order valence-corrected chi connectivity index (χ2v) is 14.9. The third kappa shape index (κ3) is 6.77. The van der Waals surface area contributed by atoms with E-state index in [1.807, 2.05) is 24.3 Å². The van der Waals surface area contributed by atoms with Gasteiger partial charge >= 0.3 is 0 Å². The molecule has 0 amide bonds. The molecule has 0 nitrogen and oxygen atoms in total. The average Bonchev–Trinajstić information content (AvgIpc) is 3.53. The van der Waals surface area contributed by atoms with Crippen molar-refractivity contribution in [3.63, 3.8) is 0 Å². The summed E-state index contributed by atoms with van der Waals surface area (Å²) < 4.78 is 0. The topological polar surface area (TPSA) is 0 Å². The molecule has 0 saturated heterocycles. The number of hydrogen-bond acceptors (Lipinski definition) is 0. The van der Waals surface area contributed by atoms with Crippen molar-refractivity contribution in [3.05, 3.63) is 249 Å². The van der Waals surface area contributed by atoms with Crippen LogP contribution in [0.15, 0.2) is 194 Å². The normalized spacial score (nSPS) is 12.9. The fraction of sp³-hybridized carbons (Fsp3) is 0.0189. The summed E-state index contributed by atoms with van der Waals surface area (Å²) in [4.78, 5) is 0. The van der Waals surface area contributed by atoms with Crippen LogP contribution in [-0.2, 0) is 5.41 Å². The molecule has 0 fully saturated rings. The summed E-state index contributed by atoms with van der Waals surface area (Å²) in [7, 11) is 0. The number of rotatable bonds is 8. The van der Waals surface area contributed by atoms with E-state index in [0.717, 1.165) is 43.4 Å². The van der Waals surface area contributed by atoms with Crippen molar-refractivity contribution in [1.82, 2.24) is 0 Å². The molecule has 0 unspecified atom stereocenters. The Labute approximate surface area is 333 Å². The molecule has 0 saturated carbocycles. The highest BCUT2D eigenvalue weighted by molar-refractivity contribution is 6.31. The van der Waals surface area contributed by atoms with Crippen molar-refractivity contribution >= 4 is 47.5 Å². The SMILES string of the molecule is Clc1ccc(-c2ccc(C3(c4ccc(-c5ccc(Cl)cc5)cc4)c4cc(C=Cc5ccccc5)ccc4-c4ccc(C=Cc5ccccc5)cc43)cc2)cc1. The van der Waals surface area contributed by atoms with Crippen LogP contribution in [0.3, 0.4) is 0 Å². The maximum atomic E-state index is 6.27. The first kappa shape index (κ1) is 34.6. The van der Waals surface area contributed by atoms with E-state index in [1.54, 1.807) is 0 Å². The van der Waals surface area contributed by atoms with Gasteiger partial charge in [0.15, 0.2) is 0 Å². The Balaban J connectivity index is 1.27. The molecule has 0 aromatic heterocycles. The maximum absolute atomic E-state index is 6.27. The molecule has 8 aromatic carbocycles. The van der Waals surface area contributed by atoms with E-state index in [9.17, 15) is 0 Å². The zero-order valence-electron chi connectivity index (χ0n) is 30.0. The zero-order chi connectivity index (χ0) is 37.2. The highest BCUT2D eigenvalue weighted by Gasteiger charge is 2.46. The standard InChI is InChI=1S/C53H36Cl2/c54-47-29-21-43(22-30-47)41-17-25-45(26-18-41)53(46-27-19-42(20-28-46)44-23-31-48(55)32-24-44)51-35-39(13-11-37-7-3-1-4-8-37)15-33-49(51)50-34-16-40(36-52(50)53)14-12-38-9-5-2-6-10-38/h1-36H. The van der Waals surface area contributed by atoms with E-state index in [-0.39, 0.29) is 0 Å². The van der Waals surface area contributed by atoms with Crippen LogP contribution in [0.25, 0.3) is 57.7 Å². The van der Waals surface area contributed by atoms with E-state index >= 15 is 0 Å². The average molecular weight is 744 g/mol. The number of fused-ring (bicyclic) bond motifs is 3. The summed E-state index contributed by atoms with van der Waals surface area (Å²) in [5.74, 6) is 0. The predicted octanol–water partition coefficient (Wildman–Crippen LogP) is 15.0. The van der Waals surface area contributed by atoms with Crippen LogP contribution in [0.4, 0.5) is 0 Å². The molecule has 0 radical (unpaired) electrons. The highest BCUT2D eigenvalue weighted by atomic mass is 35.5. The van der Waals surface area contributed by atoms with Crippen LogP contribution >= 0.6 is 23.2 Å². The van der Waals surface area contributed by atoms with Crippen LogP contribution in [0.1, 0.15) is 44.5 Å². The lowest BCUT2D eigenvalue weighted by Crippen LogP contribution is -2.28. The van der Waals surface area contributed by atoms with E-state index in [1.165, 1.54) is 44.5 Å². The van der Waals surface area contributed by atoms with Gasteiger partial charge in [0.25, 0.3) is 0 Å². The molecular formula is C53H36Cl2. The van der Waals surface area contributed by atoms with Gasteiger partial charge in [-0.25, -0.2) is 0 Å². The van der Waals surface area contributed by atoms with Crippen molar-refractivity contribution in [3.8, 4) is 33.4 Å². The summed E-state index contributed by atoms with van der Waals surface area (Å²) in [6.07, 6.45) is 8.84. The minimum atomic E-state index is -0.602. The Hall–Kier alpha value is -6.18. The molecule has 0 heterocycles. The minimum Gasteiger partial charge on any atom is -0.0843 e. The van der Waals surface area contributed by atoms with E-state index < -0.39 is 5.41 Å². The van der Waals surface area contributed by atoms with Crippen LogP contribution in [0.5, 0.6) is 0 Å². The first-order valence-corrected chi connectivity index (χ1v) is 19.3. The Morgan fingerprint density at radius 3 is 1.00 bits per heavy atom. The molecule has 8 aromatic rings. The van der Waals surface area contributed by atoms with Gasteiger partial charge in [-0.05, 0) is 114 Å². The van der Waals surface area contributed by atoms with Crippen molar-refractivity contribution in [2.45, 2.75) is 5.41 Å². The Morgan fingerprint density at radius 1 is 0.309 bits per heavy atom. The van der Waals surface area contributed by atoms with Crippen molar-refractivity contribution in [1.29, 1.82) is 0 Å². The van der Waals surface area contributed by atoms with Crippen molar-refractivity contribution in [2.24, 2.45) is 0 Å². The largest absolute Gasteiger partial charge is 0.0843 e. The lowest BCUT2D eigenvalue weighted by Gasteiger charge is -2.34. The van der Waals surface area contributed by atoms with Gasteiger partial charge in [-0.2, -0.15) is 0 Å². The molecule has 0 aliphatic heterocycles. The quantitative estimate of drug-likeness (QED) is 0.136. The Kier molecular flexibility index (Phi) is 9.38. The summed E-state index contributed by atoms with van der Waals surface area (Å²) >= 11 is 12.5. The van der Waals surface area contributed by atoms with Gasteiger partial charge in [0, 0.05) is 10.0 Å². The summed E-state index contributed by atoms with van der Waals surface area (Å²) in [6, 6.07) is 69.3. The van der Waals surface area contributed by atoms with Crippen LogP contribution in [0, 0.1) is 0 Å². The Bertz CT molecular complexity index is 2460. The third-order valence-electron chi connectivity index (χ3n) is 10.7. The smallest absolute Gasteiger partial charge is 0.0714 e. The molecule has 0 spiro atoms. The van der Waals surface area contributed by atoms with Gasteiger partial charge in [-0.3, -0.25) is 0 Å². The zero-order valence-corrected chi connectivity index (χ0v) is 31.6. The van der Waals surface area contributed by atoms with Gasteiger partial charge < -0.3 is 0 Å². The molecule has 9 rings (SSSR count). The fourth-order valence-electron chi connectivity index (χ4n) is 7.98. The molecular weight excluding hydrogens is 707 g/mol. The summed E-state index contributed by atoms with van der Waals surface area (Å²) in [6.45, 7) is 0. The molecule has 2 heteroatoms. The van der Waals surface area contributed by atoms with Gasteiger partial charge in [-0.15, -0.1) is 0 Å². The molecule has 1 aliphatic rings. The van der Waals surface area contributed by atoms with E-state index in [2.05, 4.69) is 194 Å². The van der Waals surface area contributed by atoms with E-state index in [0.29, 0.717) is 0 Å². The monoisotopic (exact) mass is 742 g/mol. The first-order valence-electron chi connectivity index (χ1n) is 18.5. The van der Waals surface area contributed by atoms with Crippen LogP contribution < -0.4 is 0 Å². The summed E-state index contributed by atoms with van der Waals surface area (Å²) in [5.41, 5.74) is 16.0.